The Morgan fingerprint density at radius 3 is 2.20 bits per heavy atom. The van der Waals surface area contributed by atoms with Crippen LogP contribution in [0.3, 0.4) is 0 Å². The van der Waals surface area contributed by atoms with Crippen molar-refractivity contribution in [2.45, 2.75) is 24.9 Å². The third-order valence-corrected chi connectivity index (χ3v) is 2.70. The summed E-state index contributed by atoms with van der Waals surface area (Å²) in [7, 11) is -4.56. The van der Waals surface area contributed by atoms with Crippen LogP contribution in [-0.2, 0) is 19.6 Å². The average molecular weight is 249 g/mol. The summed E-state index contributed by atoms with van der Waals surface area (Å²) in [6.07, 6.45) is -0.137. The fourth-order valence-electron chi connectivity index (χ4n) is 0.694. The molecule has 1 N–H and O–H groups in total. The van der Waals surface area contributed by atoms with Crippen LogP contribution in [0.4, 0.5) is 13.2 Å². The molecule has 90 valence electrons. The molecule has 0 rings (SSSR count). The summed E-state index contributed by atoms with van der Waals surface area (Å²) in [6, 6.07) is -1.53. The number of carbonyl (C=O) groups is 1. The molecular formula is C6H10F3NO4S. The summed E-state index contributed by atoms with van der Waals surface area (Å²) in [5.41, 5.74) is -5.44. The zero-order valence-corrected chi connectivity index (χ0v) is 8.78. The van der Waals surface area contributed by atoms with Gasteiger partial charge in [0.1, 0.15) is 6.04 Å². The fourth-order valence-corrected chi connectivity index (χ4v) is 1.47. The molecule has 0 heterocycles. The first-order valence-corrected chi connectivity index (χ1v) is 5.30. The number of sulfonamides is 1. The van der Waals surface area contributed by atoms with Gasteiger partial charge in [0.05, 0.1) is 7.11 Å². The van der Waals surface area contributed by atoms with Gasteiger partial charge >= 0.3 is 21.5 Å². The SMILES string of the molecule is CC[C@@H](NS(=O)(=O)C(F)(F)F)C(=O)OC. The molecule has 0 aliphatic carbocycles. The molecule has 0 aromatic carbocycles. The van der Waals surface area contributed by atoms with Gasteiger partial charge in [0.25, 0.3) is 0 Å². The molecule has 0 spiro atoms. The normalized spacial score (nSPS) is 14.7. The highest BCUT2D eigenvalue weighted by atomic mass is 32.2. The van der Waals surface area contributed by atoms with E-state index in [1.807, 2.05) is 0 Å². The van der Waals surface area contributed by atoms with Crippen LogP contribution in [0, 0.1) is 0 Å². The van der Waals surface area contributed by atoms with Crippen molar-refractivity contribution in [2.24, 2.45) is 0 Å². The zero-order chi connectivity index (χ0) is 12.3. The molecule has 0 bridgehead atoms. The van der Waals surface area contributed by atoms with Crippen molar-refractivity contribution in [3.63, 3.8) is 0 Å². The lowest BCUT2D eigenvalue weighted by molar-refractivity contribution is -0.142. The van der Waals surface area contributed by atoms with Crippen molar-refractivity contribution in [3.05, 3.63) is 0 Å². The highest BCUT2D eigenvalue weighted by Gasteiger charge is 2.47. The Morgan fingerprint density at radius 1 is 1.47 bits per heavy atom. The summed E-state index contributed by atoms with van der Waals surface area (Å²) >= 11 is 0. The summed E-state index contributed by atoms with van der Waals surface area (Å²) in [6.45, 7) is 1.35. The smallest absolute Gasteiger partial charge is 0.468 e. The largest absolute Gasteiger partial charge is 0.511 e. The molecule has 0 aliphatic rings. The van der Waals surface area contributed by atoms with Gasteiger partial charge in [-0.3, -0.25) is 4.79 Å². The Kier molecular flexibility index (Phi) is 4.53. The Balaban J connectivity index is 4.79. The molecule has 0 saturated heterocycles. The van der Waals surface area contributed by atoms with Gasteiger partial charge in [-0.2, -0.15) is 17.9 Å². The van der Waals surface area contributed by atoms with Gasteiger partial charge in [-0.05, 0) is 6.42 Å². The summed E-state index contributed by atoms with van der Waals surface area (Å²) in [5.74, 6) is -1.06. The van der Waals surface area contributed by atoms with Crippen molar-refractivity contribution in [2.75, 3.05) is 7.11 Å². The molecule has 1 atom stereocenters. The van der Waals surface area contributed by atoms with Crippen LogP contribution < -0.4 is 4.72 Å². The van der Waals surface area contributed by atoms with Crippen LogP contribution >= 0.6 is 0 Å². The molecule has 0 aromatic rings. The number of hydrogen-bond acceptors (Lipinski definition) is 4. The first-order chi connectivity index (χ1) is 6.65. The van der Waals surface area contributed by atoms with Gasteiger partial charge in [-0.1, -0.05) is 6.92 Å². The zero-order valence-electron chi connectivity index (χ0n) is 7.96. The quantitative estimate of drug-likeness (QED) is 0.731. The van der Waals surface area contributed by atoms with Crippen LogP contribution in [-0.4, -0.2) is 33.0 Å². The van der Waals surface area contributed by atoms with Crippen molar-refractivity contribution in [1.82, 2.24) is 4.72 Å². The van der Waals surface area contributed by atoms with Crippen molar-refractivity contribution >= 4 is 16.0 Å². The molecule has 0 saturated carbocycles. The molecular weight excluding hydrogens is 239 g/mol. The van der Waals surface area contributed by atoms with Gasteiger partial charge < -0.3 is 4.74 Å². The molecule has 0 aromatic heterocycles. The van der Waals surface area contributed by atoms with Crippen molar-refractivity contribution < 1.29 is 31.1 Å². The molecule has 0 radical (unpaired) electrons. The van der Waals surface area contributed by atoms with Crippen LogP contribution in [0.5, 0.6) is 0 Å². The highest BCUT2D eigenvalue weighted by molar-refractivity contribution is 7.90. The van der Waals surface area contributed by atoms with E-state index in [2.05, 4.69) is 4.74 Å². The minimum atomic E-state index is -5.52. The van der Waals surface area contributed by atoms with Crippen LogP contribution in [0.15, 0.2) is 0 Å². The standard InChI is InChI=1S/C6H10F3NO4S/c1-3-4(5(11)14-2)10-15(12,13)6(7,8)9/h4,10H,3H2,1-2H3/t4-/m1/s1. The lowest BCUT2D eigenvalue weighted by Crippen LogP contribution is -2.46. The number of hydrogen-bond donors (Lipinski definition) is 1. The van der Waals surface area contributed by atoms with E-state index in [0.29, 0.717) is 0 Å². The number of alkyl halides is 3. The maximum atomic E-state index is 11.9. The van der Waals surface area contributed by atoms with E-state index in [9.17, 15) is 26.4 Å². The second-order valence-electron chi connectivity index (χ2n) is 2.55. The monoisotopic (exact) mass is 249 g/mol. The minimum absolute atomic E-state index is 0.137. The highest BCUT2D eigenvalue weighted by Crippen LogP contribution is 2.22. The minimum Gasteiger partial charge on any atom is -0.468 e. The summed E-state index contributed by atoms with van der Waals surface area (Å²) < 4.78 is 62.2. The molecule has 0 fully saturated rings. The second kappa shape index (κ2) is 4.79. The topological polar surface area (TPSA) is 72.5 Å². The predicted molar refractivity (Wildman–Crippen MR) is 44.2 cm³/mol. The third-order valence-electron chi connectivity index (χ3n) is 1.50. The number of ether oxygens (including phenoxy) is 1. The molecule has 9 heteroatoms. The van der Waals surface area contributed by atoms with Crippen LogP contribution in [0.25, 0.3) is 0 Å². The van der Waals surface area contributed by atoms with E-state index >= 15 is 0 Å². The molecule has 15 heavy (non-hydrogen) atoms. The van der Waals surface area contributed by atoms with Crippen molar-refractivity contribution in [3.8, 4) is 0 Å². The molecule has 0 unspecified atom stereocenters. The Morgan fingerprint density at radius 2 is 1.93 bits per heavy atom. The molecule has 0 aliphatic heterocycles. The fraction of sp³-hybridized carbons (Fsp3) is 0.833. The van der Waals surface area contributed by atoms with Gasteiger partial charge in [-0.15, -0.1) is 0 Å². The van der Waals surface area contributed by atoms with Gasteiger partial charge in [0, 0.05) is 0 Å². The maximum absolute atomic E-state index is 11.9. The summed E-state index contributed by atoms with van der Waals surface area (Å²) in [4.78, 5) is 10.8. The molecule has 5 nitrogen and oxygen atoms in total. The first kappa shape index (κ1) is 14.2. The Labute approximate surface area is 84.6 Å². The lowest BCUT2D eigenvalue weighted by Gasteiger charge is -2.15. The average Bonchev–Trinajstić information content (AvgIpc) is 2.11. The van der Waals surface area contributed by atoms with E-state index < -0.39 is 27.5 Å². The predicted octanol–water partition coefficient (Wildman–Crippen LogP) is 0.377. The number of esters is 1. The number of carbonyl (C=O) groups excluding carboxylic acids is 1. The first-order valence-electron chi connectivity index (χ1n) is 3.82. The van der Waals surface area contributed by atoms with E-state index in [0.717, 1.165) is 7.11 Å². The van der Waals surface area contributed by atoms with E-state index in [-0.39, 0.29) is 6.42 Å². The van der Waals surface area contributed by atoms with E-state index in [1.165, 1.54) is 11.6 Å². The summed E-state index contributed by atoms with van der Waals surface area (Å²) in [5, 5.41) is 0. The number of methoxy groups -OCH3 is 1. The van der Waals surface area contributed by atoms with Gasteiger partial charge in [-0.25, -0.2) is 8.42 Å². The molecule has 0 amide bonds. The Hall–Kier alpha value is -0.830. The van der Waals surface area contributed by atoms with Gasteiger partial charge in [0.15, 0.2) is 0 Å². The second-order valence-corrected chi connectivity index (χ2v) is 4.26. The van der Waals surface area contributed by atoms with E-state index in [1.54, 1.807) is 0 Å². The number of rotatable bonds is 4. The van der Waals surface area contributed by atoms with Crippen LogP contribution in [0.1, 0.15) is 13.3 Å². The number of halogens is 3. The maximum Gasteiger partial charge on any atom is 0.511 e. The third kappa shape index (κ3) is 3.67. The lowest BCUT2D eigenvalue weighted by atomic mass is 10.2. The number of nitrogens with one attached hydrogen (secondary N) is 1. The van der Waals surface area contributed by atoms with Gasteiger partial charge in [0.2, 0.25) is 0 Å². The van der Waals surface area contributed by atoms with E-state index in [4.69, 9.17) is 0 Å². The van der Waals surface area contributed by atoms with Crippen molar-refractivity contribution in [1.29, 1.82) is 0 Å². The van der Waals surface area contributed by atoms with Crippen LogP contribution in [0.2, 0.25) is 0 Å². The Bertz CT molecular complexity index is 324.